The first kappa shape index (κ1) is 14.9. The predicted octanol–water partition coefficient (Wildman–Crippen LogP) is 3.35. The normalized spacial score (nSPS) is 12.5. The third-order valence-corrected chi connectivity index (χ3v) is 4.41. The third kappa shape index (κ3) is 7.77. The molecule has 0 atom stereocenters. The Morgan fingerprint density at radius 3 is 2.20 bits per heavy atom. The monoisotopic (exact) mass is 230 g/mol. The van der Waals surface area contributed by atoms with E-state index in [1.165, 1.54) is 43.7 Å². The molecule has 0 amide bonds. The van der Waals surface area contributed by atoms with Crippen LogP contribution in [0.1, 0.15) is 52.4 Å². The molecule has 0 heterocycles. The van der Waals surface area contributed by atoms with Crippen LogP contribution in [0.3, 0.4) is 0 Å². The summed E-state index contributed by atoms with van der Waals surface area (Å²) in [4.78, 5) is 0. The fourth-order valence-corrected chi connectivity index (χ4v) is 2.94. The van der Waals surface area contributed by atoms with Crippen LogP contribution in [0.25, 0.3) is 0 Å². The smallest absolute Gasteiger partial charge is 0.350 e. The molecule has 0 aromatic rings. The summed E-state index contributed by atoms with van der Waals surface area (Å²) in [5.74, 6) is 0. The fraction of sp³-hybridized carbons (Fsp3) is 0.833. The van der Waals surface area contributed by atoms with E-state index in [4.69, 9.17) is 8.85 Å². The third-order valence-electron chi connectivity index (χ3n) is 2.57. The molecule has 0 bridgehead atoms. The van der Waals surface area contributed by atoms with Gasteiger partial charge in [0.15, 0.2) is 0 Å². The van der Waals surface area contributed by atoms with Crippen LogP contribution in [0.15, 0.2) is 11.3 Å². The van der Waals surface area contributed by atoms with Gasteiger partial charge in [0.05, 0.1) is 0 Å². The lowest BCUT2D eigenvalue weighted by Gasteiger charge is -2.11. The molecule has 0 saturated heterocycles. The minimum absolute atomic E-state index is 1.17. The quantitative estimate of drug-likeness (QED) is 0.447. The summed E-state index contributed by atoms with van der Waals surface area (Å²) in [6.07, 6.45) is 10.2. The van der Waals surface area contributed by atoms with E-state index in [1.807, 2.05) is 0 Å². The first-order valence-corrected chi connectivity index (χ1v) is 7.50. The molecule has 0 saturated carbocycles. The highest BCUT2D eigenvalue weighted by Gasteiger charge is 2.10. The van der Waals surface area contributed by atoms with Gasteiger partial charge in [-0.25, -0.2) is 0 Å². The Morgan fingerprint density at radius 1 is 1.07 bits per heavy atom. The maximum absolute atomic E-state index is 5.31. The highest BCUT2D eigenvalue weighted by atomic mass is 28.3. The van der Waals surface area contributed by atoms with Gasteiger partial charge < -0.3 is 8.85 Å². The standard InChI is InChI=1S/C12H26O2Si/c1-5-6-7-8-9-10-11-12(2)15(13-3)14-4/h11,15H,5-10H2,1-4H3. The zero-order chi connectivity index (χ0) is 11.5. The summed E-state index contributed by atoms with van der Waals surface area (Å²) >= 11 is 0. The maximum Gasteiger partial charge on any atom is 0.350 e. The van der Waals surface area contributed by atoms with Crippen molar-refractivity contribution in [3.63, 3.8) is 0 Å². The summed E-state index contributed by atoms with van der Waals surface area (Å²) in [7, 11) is 1.98. The van der Waals surface area contributed by atoms with Gasteiger partial charge in [-0.1, -0.05) is 38.7 Å². The van der Waals surface area contributed by atoms with E-state index in [1.54, 1.807) is 14.2 Å². The second-order valence-corrected chi connectivity index (χ2v) is 6.47. The number of unbranched alkanes of at least 4 members (excludes halogenated alkanes) is 5. The van der Waals surface area contributed by atoms with Crippen molar-refractivity contribution in [2.24, 2.45) is 0 Å². The van der Waals surface area contributed by atoms with Crippen molar-refractivity contribution in [3.8, 4) is 0 Å². The summed E-state index contributed by atoms with van der Waals surface area (Å²) in [6, 6.07) is 0. The molecule has 0 unspecified atom stereocenters. The van der Waals surface area contributed by atoms with Gasteiger partial charge in [-0.3, -0.25) is 0 Å². The van der Waals surface area contributed by atoms with Gasteiger partial charge in [0.25, 0.3) is 0 Å². The lowest BCUT2D eigenvalue weighted by atomic mass is 10.1. The van der Waals surface area contributed by atoms with Crippen molar-refractivity contribution in [3.05, 3.63) is 11.3 Å². The number of hydrogen-bond donors (Lipinski definition) is 0. The van der Waals surface area contributed by atoms with Gasteiger partial charge in [0.2, 0.25) is 0 Å². The molecule has 3 heteroatoms. The Kier molecular flexibility index (Phi) is 10.3. The molecule has 0 N–H and O–H groups in total. The molecule has 0 aliphatic rings. The van der Waals surface area contributed by atoms with Crippen LogP contribution in [0.4, 0.5) is 0 Å². The van der Waals surface area contributed by atoms with E-state index >= 15 is 0 Å². The molecule has 2 nitrogen and oxygen atoms in total. The largest absolute Gasteiger partial charge is 0.397 e. The predicted molar refractivity (Wildman–Crippen MR) is 68.3 cm³/mol. The van der Waals surface area contributed by atoms with E-state index in [-0.39, 0.29) is 0 Å². The van der Waals surface area contributed by atoms with Gasteiger partial charge in [0.1, 0.15) is 0 Å². The first-order chi connectivity index (χ1) is 7.26. The van der Waals surface area contributed by atoms with Crippen molar-refractivity contribution in [2.75, 3.05) is 14.2 Å². The van der Waals surface area contributed by atoms with Crippen molar-refractivity contribution in [2.45, 2.75) is 52.4 Å². The average Bonchev–Trinajstić information content (AvgIpc) is 2.25. The van der Waals surface area contributed by atoms with Gasteiger partial charge in [0, 0.05) is 14.2 Å². The van der Waals surface area contributed by atoms with Crippen LogP contribution in [-0.2, 0) is 8.85 Å². The minimum atomic E-state index is -1.49. The molecule has 0 aromatic heterocycles. The van der Waals surface area contributed by atoms with Crippen LogP contribution in [0.2, 0.25) is 0 Å². The molecule has 0 fully saturated rings. The second kappa shape index (κ2) is 10.4. The lowest BCUT2D eigenvalue weighted by molar-refractivity contribution is 0.287. The Bertz CT molecular complexity index is 165. The van der Waals surface area contributed by atoms with Crippen LogP contribution >= 0.6 is 0 Å². The van der Waals surface area contributed by atoms with Gasteiger partial charge in [-0.15, -0.1) is 0 Å². The molecule has 0 spiro atoms. The SMILES string of the molecule is CCCCCCCC=C(C)[SiH](OC)OC. The number of hydrogen-bond acceptors (Lipinski definition) is 2. The van der Waals surface area contributed by atoms with E-state index in [9.17, 15) is 0 Å². The van der Waals surface area contributed by atoms with Crippen LogP contribution in [0, 0.1) is 0 Å². The van der Waals surface area contributed by atoms with Crippen LogP contribution in [-0.4, -0.2) is 23.5 Å². The Balaban J connectivity index is 3.57. The number of allylic oxidation sites excluding steroid dienone is 2. The highest BCUT2D eigenvalue weighted by Crippen LogP contribution is 2.08. The number of rotatable bonds is 9. The van der Waals surface area contributed by atoms with Crippen molar-refractivity contribution in [1.29, 1.82) is 0 Å². The van der Waals surface area contributed by atoms with Crippen LogP contribution < -0.4 is 0 Å². The lowest BCUT2D eigenvalue weighted by Crippen LogP contribution is -2.20. The Hall–Kier alpha value is -0.123. The second-order valence-electron chi connectivity index (χ2n) is 3.95. The zero-order valence-electron chi connectivity index (χ0n) is 10.7. The fourth-order valence-electron chi connectivity index (χ4n) is 1.64. The highest BCUT2D eigenvalue weighted by molar-refractivity contribution is 6.53. The van der Waals surface area contributed by atoms with E-state index in [0.717, 1.165) is 0 Å². The molecule has 15 heavy (non-hydrogen) atoms. The molecule has 0 aromatic carbocycles. The van der Waals surface area contributed by atoms with Gasteiger partial charge in [-0.2, -0.15) is 0 Å². The van der Waals surface area contributed by atoms with Gasteiger partial charge in [-0.05, 0) is 25.0 Å². The molecule has 0 aliphatic carbocycles. The molecule has 0 aliphatic heterocycles. The molecule has 0 rings (SSSR count). The first-order valence-electron chi connectivity index (χ1n) is 5.98. The molecular formula is C12H26O2Si. The summed E-state index contributed by atoms with van der Waals surface area (Å²) in [6.45, 7) is 4.37. The Morgan fingerprint density at radius 2 is 1.67 bits per heavy atom. The van der Waals surface area contributed by atoms with Crippen LogP contribution in [0.5, 0.6) is 0 Å². The van der Waals surface area contributed by atoms with E-state index < -0.39 is 9.28 Å². The van der Waals surface area contributed by atoms with Crippen molar-refractivity contribution in [1.82, 2.24) is 0 Å². The summed E-state index contributed by atoms with van der Waals surface area (Å²) in [5, 5.41) is 1.32. The Labute approximate surface area is 96.5 Å². The van der Waals surface area contributed by atoms with Crippen molar-refractivity contribution < 1.29 is 8.85 Å². The summed E-state index contributed by atoms with van der Waals surface area (Å²) < 4.78 is 10.6. The van der Waals surface area contributed by atoms with Gasteiger partial charge >= 0.3 is 9.28 Å². The molecular weight excluding hydrogens is 204 g/mol. The van der Waals surface area contributed by atoms with E-state index in [2.05, 4.69) is 19.9 Å². The molecule has 90 valence electrons. The average molecular weight is 230 g/mol. The van der Waals surface area contributed by atoms with Crippen molar-refractivity contribution >= 4 is 9.28 Å². The topological polar surface area (TPSA) is 18.5 Å². The van der Waals surface area contributed by atoms with E-state index in [0.29, 0.717) is 0 Å². The summed E-state index contributed by atoms with van der Waals surface area (Å²) in [5.41, 5.74) is 0. The maximum atomic E-state index is 5.31. The molecule has 0 radical (unpaired) electrons. The zero-order valence-corrected chi connectivity index (χ0v) is 11.9. The minimum Gasteiger partial charge on any atom is -0.397 e.